The van der Waals surface area contributed by atoms with E-state index in [0.717, 1.165) is 27.6 Å². The zero-order valence-electron chi connectivity index (χ0n) is 7.55. The molecule has 0 aromatic heterocycles. The molecule has 66 valence electrons. The van der Waals surface area contributed by atoms with E-state index >= 15 is 0 Å². The van der Waals surface area contributed by atoms with Gasteiger partial charge in [0.15, 0.2) is 0 Å². The predicted octanol–water partition coefficient (Wildman–Crippen LogP) is 1.80. The summed E-state index contributed by atoms with van der Waals surface area (Å²) in [5, 5.41) is 3.21. The lowest BCUT2D eigenvalue weighted by molar-refractivity contribution is -0.109. The number of nitrogens with one attached hydrogen (secondary N) is 1. The highest BCUT2D eigenvalue weighted by atomic mass is 31.1. The summed E-state index contributed by atoms with van der Waals surface area (Å²) in [5.41, 5.74) is 0. The zero-order valence-corrected chi connectivity index (χ0v) is 8.55. The van der Waals surface area contributed by atoms with E-state index in [1.165, 1.54) is 0 Å². The molecule has 0 aromatic carbocycles. The molecular formula is C8H18NOP. The Hall–Kier alpha value is 0.0600. The van der Waals surface area contributed by atoms with Crippen molar-refractivity contribution < 1.29 is 4.79 Å². The van der Waals surface area contributed by atoms with Crippen molar-refractivity contribution in [3.05, 3.63) is 0 Å². The van der Waals surface area contributed by atoms with E-state index in [2.05, 4.69) is 25.9 Å². The van der Waals surface area contributed by atoms with Crippen LogP contribution in [-0.2, 0) is 4.79 Å². The molecule has 0 aromatic rings. The van der Waals surface area contributed by atoms with Crippen LogP contribution in [0.5, 0.6) is 0 Å². The molecule has 0 bridgehead atoms. The van der Waals surface area contributed by atoms with Crippen LogP contribution in [0.25, 0.3) is 0 Å². The lowest BCUT2D eigenvalue weighted by atomic mass is 10.1. The first-order valence-corrected chi connectivity index (χ1v) is 5.35. The third kappa shape index (κ3) is 6.46. The average molecular weight is 175 g/mol. The highest BCUT2D eigenvalue weighted by Gasteiger charge is 2.07. The van der Waals surface area contributed by atoms with Crippen LogP contribution >= 0.6 is 8.73 Å². The van der Waals surface area contributed by atoms with Gasteiger partial charge in [0.2, 0.25) is 0 Å². The van der Waals surface area contributed by atoms with Crippen LogP contribution in [0, 0.1) is 5.92 Å². The van der Waals surface area contributed by atoms with Gasteiger partial charge in [0, 0.05) is 0 Å². The Morgan fingerprint density at radius 2 is 2.18 bits per heavy atom. The van der Waals surface area contributed by atoms with Gasteiger partial charge in [0.25, 0.3) is 0 Å². The normalized spacial score (nSPS) is 14.5. The second kappa shape index (κ2) is 6.75. The van der Waals surface area contributed by atoms with Gasteiger partial charge in [-0.2, -0.15) is 0 Å². The maximum Gasteiger partial charge on any atom is 0.137 e. The van der Waals surface area contributed by atoms with Gasteiger partial charge in [0.05, 0.1) is 6.04 Å². The molecule has 11 heavy (non-hydrogen) atoms. The Labute approximate surface area is 71.0 Å². The molecule has 0 amide bonds. The number of carbonyl (C=O) groups excluding carboxylic acids is 1. The van der Waals surface area contributed by atoms with Crippen molar-refractivity contribution >= 4 is 15.0 Å². The molecule has 1 N–H and O–H groups in total. The van der Waals surface area contributed by atoms with Crippen LogP contribution in [0.1, 0.15) is 27.2 Å². The second-order valence-corrected chi connectivity index (χ2v) is 4.40. The van der Waals surface area contributed by atoms with Gasteiger partial charge in [-0.3, -0.25) is 5.09 Å². The number of carbonyl (C=O) groups is 1. The first-order valence-electron chi connectivity index (χ1n) is 4.14. The standard InChI is InChI=1S/C8H18NOP/c1-4-11-9-8(6-10)5-7(2)3/h6-9,11H,4-5H2,1-3H3/t8-/m0/s1. The lowest BCUT2D eigenvalue weighted by Crippen LogP contribution is -2.25. The highest BCUT2D eigenvalue weighted by Crippen LogP contribution is 2.09. The fourth-order valence-corrected chi connectivity index (χ4v) is 1.54. The van der Waals surface area contributed by atoms with Crippen molar-refractivity contribution in [1.29, 1.82) is 0 Å². The molecule has 2 atom stereocenters. The van der Waals surface area contributed by atoms with Crippen LogP contribution in [-0.4, -0.2) is 18.5 Å². The summed E-state index contributed by atoms with van der Waals surface area (Å²) in [7, 11) is 0.720. The minimum atomic E-state index is 0.0771. The van der Waals surface area contributed by atoms with Gasteiger partial charge in [-0.1, -0.05) is 29.5 Å². The van der Waals surface area contributed by atoms with E-state index in [9.17, 15) is 4.79 Å². The predicted molar refractivity (Wildman–Crippen MR) is 51.3 cm³/mol. The third-order valence-electron chi connectivity index (χ3n) is 1.35. The van der Waals surface area contributed by atoms with E-state index in [1.54, 1.807) is 0 Å². The Balaban J connectivity index is 3.49. The van der Waals surface area contributed by atoms with Crippen LogP contribution in [0.15, 0.2) is 0 Å². The summed E-state index contributed by atoms with van der Waals surface area (Å²) in [5.74, 6) is 0.597. The lowest BCUT2D eigenvalue weighted by Gasteiger charge is -2.13. The van der Waals surface area contributed by atoms with Crippen molar-refractivity contribution in [3.63, 3.8) is 0 Å². The molecule has 0 saturated carbocycles. The summed E-state index contributed by atoms with van der Waals surface area (Å²) in [6, 6.07) is 0.0771. The van der Waals surface area contributed by atoms with E-state index in [-0.39, 0.29) is 6.04 Å². The molecule has 1 unspecified atom stereocenters. The van der Waals surface area contributed by atoms with Crippen LogP contribution < -0.4 is 5.09 Å². The van der Waals surface area contributed by atoms with E-state index in [1.807, 2.05) is 0 Å². The summed E-state index contributed by atoms with van der Waals surface area (Å²) in [6.45, 7) is 6.38. The first kappa shape index (κ1) is 11.1. The van der Waals surface area contributed by atoms with Crippen LogP contribution in [0.3, 0.4) is 0 Å². The van der Waals surface area contributed by atoms with Gasteiger partial charge in [-0.25, -0.2) is 0 Å². The Bertz CT molecular complexity index is 106. The maximum atomic E-state index is 10.5. The minimum Gasteiger partial charge on any atom is -0.302 e. The summed E-state index contributed by atoms with van der Waals surface area (Å²) in [4.78, 5) is 10.5. The van der Waals surface area contributed by atoms with E-state index < -0.39 is 0 Å². The molecule has 0 saturated heterocycles. The molecule has 3 heteroatoms. The van der Waals surface area contributed by atoms with Gasteiger partial charge in [-0.05, 0) is 18.5 Å². The molecule has 0 aliphatic carbocycles. The molecular weight excluding hydrogens is 157 g/mol. The fourth-order valence-electron chi connectivity index (χ4n) is 0.890. The Kier molecular flexibility index (Phi) is 6.79. The molecule has 0 fully saturated rings. The van der Waals surface area contributed by atoms with Gasteiger partial charge >= 0.3 is 0 Å². The number of rotatable bonds is 6. The third-order valence-corrected chi connectivity index (χ3v) is 2.28. The second-order valence-electron chi connectivity index (χ2n) is 3.05. The van der Waals surface area contributed by atoms with Gasteiger partial charge in [0.1, 0.15) is 6.29 Å². The van der Waals surface area contributed by atoms with Crippen molar-refractivity contribution in [2.75, 3.05) is 6.16 Å². The van der Waals surface area contributed by atoms with Crippen molar-refractivity contribution in [1.82, 2.24) is 5.09 Å². The quantitative estimate of drug-likeness (QED) is 0.492. The summed E-state index contributed by atoms with van der Waals surface area (Å²) in [6.07, 6.45) is 3.08. The summed E-state index contributed by atoms with van der Waals surface area (Å²) >= 11 is 0. The molecule has 0 rings (SSSR count). The van der Waals surface area contributed by atoms with E-state index in [4.69, 9.17) is 0 Å². The summed E-state index contributed by atoms with van der Waals surface area (Å²) < 4.78 is 0. The van der Waals surface area contributed by atoms with Crippen LogP contribution in [0.2, 0.25) is 0 Å². The molecule has 0 radical (unpaired) electrons. The molecule has 0 heterocycles. The average Bonchev–Trinajstić information content (AvgIpc) is 1.97. The number of aldehydes is 1. The SMILES string of the molecule is CCPN[C@H](C=O)CC(C)C. The van der Waals surface area contributed by atoms with Crippen molar-refractivity contribution in [2.24, 2.45) is 5.92 Å². The zero-order chi connectivity index (χ0) is 8.69. The minimum absolute atomic E-state index is 0.0771. The molecule has 0 spiro atoms. The fraction of sp³-hybridized carbons (Fsp3) is 0.875. The maximum absolute atomic E-state index is 10.5. The highest BCUT2D eigenvalue weighted by molar-refractivity contribution is 7.35. The number of hydrogen-bond donors (Lipinski definition) is 1. The monoisotopic (exact) mass is 175 g/mol. The molecule has 2 nitrogen and oxygen atoms in total. The smallest absolute Gasteiger partial charge is 0.137 e. The van der Waals surface area contributed by atoms with Crippen LogP contribution in [0.4, 0.5) is 0 Å². The first-order chi connectivity index (χ1) is 5.20. The van der Waals surface area contributed by atoms with E-state index in [0.29, 0.717) is 5.92 Å². The van der Waals surface area contributed by atoms with Crippen molar-refractivity contribution in [3.8, 4) is 0 Å². The number of hydrogen-bond acceptors (Lipinski definition) is 2. The van der Waals surface area contributed by atoms with Gasteiger partial charge < -0.3 is 4.79 Å². The Morgan fingerprint density at radius 3 is 2.55 bits per heavy atom. The van der Waals surface area contributed by atoms with Gasteiger partial charge in [-0.15, -0.1) is 0 Å². The largest absolute Gasteiger partial charge is 0.302 e. The topological polar surface area (TPSA) is 29.1 Å². The van der Waals surface area contributed by atoms with Crippen molar-refractivity contribution in [2.45, 2.75) is 33.2 Å². The molecule has 0 aliphatic heterocycles. The Morgan fingerprint density at radius 1 is 1.55 bits per heavy atom. The molecule has 0 aliphatic rings.